The number of nitrogens with zero attached hydrogens (tertiary/aromatic N) is 2. The number of rotatable bonds is 6. The van der Waals surface area contributed by atoms with Crippen LogP contribution in [0.4, 0.5) is 13.2 Å². The maximum atomic E-state index is 15.0. The van der Waals surface area contributed by atoms with Crippen LogP contribution in [0.2, 0.25) is 0 Å². The number of ether oxygens (including phenoxy) is 3. The third-order valence-corrected chi connectivity index (χ3v) is 5.45. The van der Waals surface area contributed by atoms with Crippen molar-refractivity contribution >= 4 is 5.97 Å². The van der Waals surface area contributed by atoms with Gasteiger partial charge in [-0.2, -0.15) is 14.9 Å². The molecule has 3 aromatic rings. The van der Waals surface area contributed by atoms with Crippen molar-refractivity contribution < 1.29 is 32.2 Å². The molecule has 9 heteroatoms. The SMILES string of the molecule is N#Cc1c(F)c(F)c(Oc2c(COC(=O)C3CCCO3)cccc2-c2ccccc2)c(F)c1C#N. The lowest BCUT2D eigenvalue weighted by Crippen LogP contribution is -2.22. The molecule has 1 aliphatic rings. The van der Waals surface area contributed by atoms with Gasteiger partial charge in [0.15, 0.2) is 17.7 Å². The maximum Gasteiger partial charge on any atom is 0.335 e. The number of nitriles is 2. The first-order valence-corrected chi connectivity index (χ1v) is 10.6. The van der Waals surface area contributed by atoms with Gasteiger partial charge in [0.1, 0.15) is 35.6 Å². The van der Waals surface area contributed by atoms with Crippen molar-refractivity contribution in [2.75, 3.05) is 6.61 Å². The lowest BCUT2D eigenvalue weighted by atomic mass is 10.0. The zero-order chi connectivity index (χ0) is 24.9. The Hall–Kier alpha value is -4.34. The highest BCUT2D eigenvalue weighted by Crippen LogP contribution is 2.40. The third kappa shape index (κ3) is 4.68. The molecule has 1 fully saturated rings. The third-order valence-electron chi connectivity index (χ3n) is 5.45. The maximum absolute atomic E-state index is 15.0. The van der Waals surface area contributed by atoms with Crippen LogP contribution in [-0.4, -0.2) is 18.7 Å². The van der Waals surface area contributed by atoms with E-state index in [1.165, 1.54) is 18.2 Å². The number of carbonyl (C=O) groups excluding carboxylic acids is 1. The van der Waals surface area contributed by atoms with Gasteiger partial charge in [0.25, 0.3) is 0 Å². The van der Waals surface area contributed by atoms with Crippen molar-refractivity contribution in [3.05, 3.63) is 82.7 Å². The fourth-order valence-corrected chi connectivity index (χ4v) is 3.71. The molecular weight excluding hydrogens is 461 g/mol. The molecular formula is C26H17F3N2O4. The summed E-state index contributed by atoms with van der Waals surface area (Å²) >= 11 is 0. The minimum Gasteiger partial charge on any atom is -0.459 e. The molecule has 0 amide bonds. The molecule has 3 aromatic carbocycles. The molecule has 35 heavy (non-hydrogen) atoms. The molecule has 0 aromatic heterocycles. The fraction of sp³-hybridized carbons (Fsp3) is 0.192. The molecule has 1 saturated heterocycles. The number of hydrogen-bond acceptors (Lipinski definition) is 6. The van der Waals surface area contributed by atoms with Crippen molar-refractivity contribution in [3.63, 3.8) is 0 Å². The van der Waals surface area contributed by atoms with E-state index < -0.39 is 46.4 Å². The van der Waals surface area contributed by atoms with Crippen LogP contribution in [0.5, 0.6) is 11.5 Å². The molecule has 176 valence electrons. The lowest BCUT2D eigenvalue weighted by molar-refractivity contribution is -0.155. The number of hydrogen-bond donors (Lipinski definition) is 0. The minimum atomic E-state index is -1.76. The predicted octanol–water partition coefficient (Wildman–Crippen LogP) is 5.53. The highest BCUT2D eigenvalue weighted by Gasteiger charge is 2.29. The molecule has 1 heterocycles. The summed E-state index contributed by atoms with van der Waals surface area (Å²) in [7, 11) is 0. The number of benzene rings is 3. The summed E-state index contributed by atoms with van der Waals surface area (Å²) in [6, 6.07) is 16.1. The van der Waals surface area contributed by atoms with Crippen molar-refractivity contribution in [1.29, 1.82) is 10.5 Å². The zero-order valence-electron chi connectivity index (χ0n) is 18.2. The van der Waals surface area contributed by atoms with E-state index in [1.807, 2.05) is 0 Å². The second-order valence-corrected chi connectivity index (χ2v) is 7.62. The van der Waals surface area contributed by atoms with Crippen LogP contribution in [0.3, 0.4) is 0 Å². The molecule has 1 aliphatic heterocycles. The first kappa shape index (κ1) is 23.8. The van der Waals surface area contributed by atoms with Crippen LogP contribution in [0.15, 0.2) is 48.5 Å². The van der Waals surface area contributed by atoms with E-state index in [0.29, 0.717) is 24.2 Å². The monoisotopic (exact) mass is 478 g/mol. The van der Waals surface area contributed by atoms with Gasteiger partial charge < -0.3 is 14.2 Å². The summed E-state index contributed by atoms with van der Waals surface area (Å²) in [6.07, 6.45) is 0.545. The van der Waals surface area contributed by atoms with E-state index in [0.717, 1.165) is 6.42 Å². The zero-order valence-corrected chi connectivity index (χ0v) is 18.2. The summed E-state index contributed by atoms with van der Waals surface area (Å²) in [5.41, 5.74) is -0.828. The van der Waals surface area contributed by atoms with E-state index in [-0.39, 0.29) is 17.9 Å². The van der Waals surface area contributed by atoms with Gasteiger partial charge in [-0.3, -0.25) is 0 Å². The van der Waals surface area contributed by atoms with Gasteiger partial charge >= 0.3 is 5.97 Å². The second-order valence-electron chi connectivity index (χ2n) is 7.62. The van der Waals surface area contributed by atoms with Gasteiger partial charge in [-0.1, -0.05) is 48.5 Å². The Kier molecular flexibility index (Phi) is 7.00. The normalized spacial score (nSPS) is 14.7. The average molecular weight is 478 g/mol. The summed E-state index contributed by atoms with van der Waals surface area (Å²) < 4.78 is 60.5. The van der Waals surface area contributed by atoms with Crippen LogP contribution in [0.25, 0.3) is 11.1 Å². The Labute approximate surface area is 198 Å². The Balaban J connectivity index is 1.80. The van der Waals surface area contributed by atoms with Gasteiger partial charge in [0.2, 0.25) is 11.6 Å². The van der Waals surface area contributed by atoms with Gasteiger partial charge in [0, 0.05) is 17.7 Å². The first-order chi connectivity index (χ1) is 17.0. The van der Waals surface area contributed by atoms with Crippen molar-refractivity contribution in [2.24, 2.45) is 0 Å². The van der Waals surface area contributed by atoms with Gasteiger partial charge in [0.05, 0.1) is 0 Å². The molecule has 1 unspecified atom stereocenters. The van der Waals surface area contributed by atoms with Gasteiger partial charge in [-0.25, -0.2) is 13.6 Å². The minimum absolute atomic E-state index is 0.107. The van der Waals surface area contributed by atoms with Crippen LogP contribution in [-0.2, 0) is 20.9 Å². The highest BCUT2D eigenvalue weighted by atomic mass is 19.2. The summed E-state index contributed by atoms with van der Waals surface area (Å²) in [4.78, 5) is 12.3. The van der Waals surface area contributed by atoms with Crippen LogP contribution in [0, 0.1) is 40.1 Å². The van der Waals surface area contributed by atoms with Crippen molar-refractivity contribution in [2.45, 2.75) is 25.6 Å². The Bertz CT molecular complexity index is 1360. The van der Waals surface area contributed by atoms with E-state index in [1.54, 1.807) is 42.5 Å². The molecule has 0 N–H and O–H groups in total. The van der Waals surface area contributed by atoms with Crippen LogP contribution in [0.1, 0.15) is 29.5 Å². The molecule has 1 atom stereocenters. The molecule has 4 rings (SSSR count). The second kappa shape index (κ2) is 10.3. The number of carbonyl (C=O) groups is 1. The lowest BCUT2D eigenvalue weighted by Gasteiger charge is -2.18. The van der Waals surface area contributed by atoms with Gasteiger partial charge in [-0.05, 0) is 18.4 Å². The van der Waals surface area contributed by atoms with E-state index in [2.05, 4.69) is 0 Å². The average Bonchev–Trinajstić information content (AvgIpc) is 3.43. The Morgan fingerprint density at radius 2 is 1.66 bits per heavy atom. The van der Waals surface area contributed by atoms with Crippen LogP contribution < -0.4 is 4.74 Å². The van der Waals surface area contributed by atoms with Crippen LogP contribution >= 0.6 is 0 Å². The molecule has 0 radical (unpaired) electrons. The smallest absolute Gasteiger partial charge is 0.335 e. The van der Waals surface area contributed by atoms with E-state index >= 15 is 4.39 Å². The first-order valence-electron chi connectivity index (χ1n) is 10.6. The Morgan fingerprint density at radius 1 is 0.943 bits per heavy atom. The Morgan fingerprint density at radius 3 is 2.31 bits per heavy atom. The van der Waals surface area contributed by atoms with E-state index in [4.69, 9.17) is 19.5 Å². The summed E-state index contributed by atoms with van der Waals surface area (Å²) in [5.74, 6) is -6.87. The molecule has 0 spiro atoms. The summed E-state index contributed by atoms with van der Waals surface area (Å²) in [6.45, 7) is 0.128. The topological polar surface area (TPSA) is 92.3 Å². The molecule has 0 bridgehead atoms. The molecule has 0 aliphatic carbocycles. The summed E-state index contributed by atoms with van der Waals surface area (Å²) in [5, 5.41) is 18.3. The fourth-order valence-electron chi connectivity index (χ4n) is 3.71. The predicted molar refractivity (Wildman–Crippen MR) is 116 cm³/mol. The highest BCUT2D eigenvalue weighted by molar-refractivity contribution is 5.76. The van der Waals surface area contributed by atoms with Gasteiger partial charge in [-0.15, -0.1) is 0 Å². The molecule has 6 nitrogen and oxygen atoms in total. The van der Waals surface area contributed by atoms with Crippen molar-refractivity contribution in [1.82, 2.24) is 0 Å². The van der Waals surface area contributed by atoms with Crippen molar-refractivity contribution in [3.8, 4) is 34.8 Å². The molecule has 0 saturated carbocycles. The van der Waals surface area contributed by atoms with E-state index in [9.17, 15) is 18.8 Å². The number of para-hydroxylation sites is 1. The largest absolute Gasteiger partial charge is 0.459 e. The number of esters is 1. The standard InChI is InChI=1S/C26H17F3N2O4/c27-21-18(12-30)19(13-31)22(28)25(23(21)29)35-24-16(14-34-26(32)20-10-5-11-33-20)8-4-9-17(24)15-6-2-1-3-7-15/h1-4,6-9,20H,5,10-11,14H2. The number of halogens is 3. The quantitative estimate of drug-likeness (QED) is 0.342.